The number of carboxylic acid groups (broad SMARTS) is 1. The van der Waals surface area contributed by atoms with E-state index in [1.54, 1.807) is 0 Å². The Morgan fingerprint density at radius 3 is 2.32 bits per heavy atom. The largest absolute Gasteiger partial charge is 0.481 e. The van der Waals surface area contributed by atoms with Gasteiger partial charge in [0.25, 0.3) is 0 Å². The van der Waals surface area contributed by atoms with Crippen LogP contribution >= 0.6 is 0 Å². The molecule has 0 radical (unpaired) electrons. The van der Waals surface area contributed by atoms with Crippen molar-refractivity contribution in [2.45, 2.75) is 53.0 Å². The molecule has 108 valence electrons. The molecule has 0 aromatic carbocycles. The maximum absolute atomic E-state index is 12.3. The zero-order valence-electron chi connectivity index (χ0n) is 12.3. The van der Waals surface area contributed by atoms with E-state index in [1.807, 2.05) is 13.8 Å². The van der Waals surface area contributed by atoms with Gasteiger partial charge in [-0.15, -0.1) is 0 Å². The van der Waals surface area contributed by atoms with Crippen LogP contribution in [0.25, 0.3) is 0 Å². The predicted molar refractivity (Wildman–Crippen MR) is 72.5 cm³/mol. The van der Waals surface area contributed by atoms with Crippen LogP contribution in [0, 0.1) is 29.1 Å². The van der Waals surface area contributed by atoms with Crippen LogP contribution in [0.1, 0.15) is 47.0 Å². The molecule has 0 aliphatic heterocycles. The summed E-state index contributed by atoms with van der Waals surface area (Å²) in [6.45, 7) is 8.14. The zero-order chi connectivity index (χ0) is 14.4. The van der Waals surface area contributed by atoms with Gasteiger partial charge in [0, 0.05) is 6.04 Å². The summed E-state index contributed by atoms with van der Waals surface area (Å²) in [5.74, 6) is -0.707. The third kappa shape index (κ3) is 2.49. The molecule has 2 aliphatic rings. The van der Waals surface area contributed by atoms with Crippen molar-refractivity contribution in [3.63, 3.8) is 0 Å². The van der Waals surface area contributed by atoms with Gasteiger partial charge in [-0.05, 0) is 23.7 Å². The lowest BCUT2D eigenvalue weighted by Gasteiger charge is -2.34. The average Bonchev–Trinajstić information content (AvgIpc) is 2.88. The first kappa shape index (κ1) is 14.4. The van der Waals surface area contributed by atoms with Gasteiger partial charge in [0.2, 0.25) is 5.91 Å². The molecule has 2 aliphatic carbocycles. The topological polar surface area (TPSA) is 66.4 Å². The van der Waals surface area contributed by atoms with Crippen LogP contribution in [-0.2, 0) is 9.59 Å². The van der Waals surface area contributed by atoms with Gasteiger partial charge < -0.3 is 10.4 Å². The molecule has 0 aromatic rings. The Hall–Kier alpha value is -1.06. The molecule has 0 saturated heterocycles. The molecule has 0 heterocycles. The fraction of sp³-hybridized carbons (Fsp3) is 0.867. The molecule has 0 aromatic heterocycles. The smallest absolute Gasteiger partial charge is 0.307 e. The van der Waals surface area contributed by atoms with Gasteiger partial charge in [-0.3, -0.25) is 9.59 Å². The Balaban J connectivity index is 1.97. The maximum atomic E-state index is 12.3. The van der Waals surface area contributed by atoms with E-state index in [0.29, 0.717) is 11.8 Å². The zero-order valence-corrected chi connectivity index (χ0v) is 12.3. The molecular weight excluding hydrogens is 242 g/mol. The molecule has 0 bridgehead atoms. The minimum atomic E-state index is -0.852. The van der Waals surface area contributed by atoms with Crippen LogP contribution in [0.2, 0.25) is 0 Å². The lowest BCUT2D eigenvalue weighted by atomic mass is 9.78. The SMILES string of the molecule is CC1CCCC(NC(=O)[C@H]2[C@@H](C(=O)O)C2(C)C)C1C. The summed E-state index contributed by atoms with van der Waals surface area (Å²) in [6, 6.07) is 0.210. The van der Waals surface area contributed by atoms with Gasteiger partial charge in [0.05, 0.1) is 11.8 Å². The molecule has 1 amide bonds. The minimum absolute atomic E-state index is 0.0663. The van der Waals surface area contributed by atoms with Gasteiger partial charge in [-0.25, -0.2) is 0 Å². The van der Waals surface area contributed by atoms with Crippen molar-refractivity contribution in [2.24, 2.45) is 29.1 Å². The summed E-state index contributed by atoms with van der Waals surface area (Å²) in [6.07, 6.45) is 3.38. The first-order chi connectivity index (χ1) is 8.76. The molecule has 5 atom stereocenters. The van der Waals surface area contributed by atoms with Gasteiger partial charge >= 0.3 is 5.97 Å². The van der Waals surface area contributed by atoms with Crippen LogP contribution in [-0.4, -0.2) is 23.0 Å². The first-order valence-electron chi connectivity index (χ1n) is 7.30. The quantitative estimate of drug-likeness (QED) is 0.824. The van der Waals surface area contributed by atoms with Gasteiger partial charge in [-0.2, -0.15) is 0 Å². The van der Waals surface area contributed by atoms with E-state index in [0.717, 1.165) is 12.8 Å². The number of carboxylic acids is 1. The lowest BCUT2D eigenvalue weighted by molar-refractivity contribution is -0.140. The van der Waals surface area contributed by atoms with Gasteiger partial charge in [0.15, 0.2) is 0 Å². The van der Waals surface area contributed by atoms with Gasteiger partial charge in [0.1, 0.15) is 0 Å². The van der Waals surface area contributed by atoms with E-state index in [2.05, 4.69) is 19.2 Å². The van der Waals surface area contributed by atoms with Crippen LogP contribution in [0.15, 0.2) is 0 Å². The Kier molecular flexibility index (Phi) is 3.63. The van der Waals surface area contributed by atoms with E-state index in [9.17, 15) is 9.59 Å². The summed E-state index contributed by atoms with van der Waals surface area (Å²) >= 11 is 0. The Labute approximate surface area is 115 Å². The van der Waals surface area contributed by atoms with Crippen LogP contribution in [0.4, 0.5) is 0 Å². The normalized spacial score (nSPS) is 40.5. The second-order valence-electron chi connectivity index (χ2n) is 7.00. The van der Waals surface area contributed by atoms with E-state index in [-0.39, 0.29) is 17.9 Å². The number of hydrogen-bond acceptors (Lipinski definition) is 2. The van der Waals surface area contributed by atoms with E-state index >= 15 is 0 Å². The fourth-order valence-corrected chi connectivity index (χ4v) is 3.65. The van der Waals surface area contributed by atoms with Crippen molar-refractivity contribution in [3.8, 4) is 0 Å². The molecule has 4 heteroatoms. The van der Waals surface area contributed by atoms with Gasteiger partial charge in [-0.1, -0.05) is 40.5 Å². The number of amides is 1. The monoisotopic (exact) mass is 267 g/mol. The second-order valence-corrected chi connectivity index (χ2v) is 7.00. The molecule has 19 heavy (non-hydrogen) atoms. The van der Waals surface area contributed by atoms with E-state index < -0.39 is 17.3 Å². The molecule has 2 saturated carbocycles. The number of rotatable bonds is 3. The average molecular weight is 267 g/mol. The molecule has 4 nitrogen and oxygen atoms in total. The molecular formula is C15H25NO3. The molecule has 2 rings (SSSR count). The summed E-state index contributed by atoms with van der Waals surface area (Å²) in [5, 5.41) is 12.2. The predicted octanol–water partition coefficient (Wildman–Crippen LogP) is 2.28. The highest BCUT2D eigenvalue weighted by Crippen LogP contribution is 2.58. The van der Waals surface area contributed by atoms with Crippen molar-refractivity contribution < 1.29 is 14.7 Å². The van der Waals surface area contributed by atoms with E-state index in [4.69, 9.17) is 5.11 Å². The van der Waals surface area contributed by atoms with Crippen molar-refractivity contribution >= 4 is 11.9 Å². The number of carbonyl (C=O) groups excluding carboxylic acids is 1. The van der Waals surface area contributed by atoms with Crippen molar-refractivity contribution in [1.29, 1.82) is 0 Å². The summed E-state index contributed by atoms with van der Waals surface area (Å²) in [7, 11) is 0. The standard InChI is InChI=1S/C15H25NO3/c1-8-6-5-7-10(9(8)2)16-13(17)11-12(14(18)19)15(11,3)4/h8-12H,5-7H2,1-4H3,(H,16,17)(H,18,19)/t8?,9?,10?,11-,12+/m1/s1. The van der Waals surface area contributed by atoms with Crippen molar-refractivity contribution in [1.82, 2.24) is 5.32 Å². The maximum Gasteiger partial charge on any atom is 0.307 e. The number of carbonyl (C=O) groups is 2. The highest BCUT2D eigenvalue weighted by molar-refractivity contribution is 5.91. The second kappa shape index (κ2) is 4.80. The lowest BCUT2D eigenvalue weighted by Crippen LogP contribution is -2.44. The highest BCUT2D eigenvalue weighted by Gasteiger charge is 2.66. The molecule has 3 unspecified atom stereocenters. The fourth-order valence-electron chi connectivity index (χ4n) is 3.65. The third-order valence-electron chi connectivity index (χ3n) is 5.41. The molecule has 0 spiro atoms. The third-order valence-corrected chi connectivity index (χ3v) is 5.41. The first-order valence-corrected chi connectivity index (χ1v) is 7.30. The highest BCUT2D eigenvalue weighted by atomic mass is 16.4. The van der Waals surface area contributed by atoms with Crippen LogP contribution < -0.4 is 5.32 Å². The summed E-state index contributed by atoms with van der Waals surface area (Å²) < 4.78 is 0. The van der Waals surface area contributed by atoms with Crippen LogP contribution in [0.5, 0.6) is 0 Å². The Morgan fingerprint density at radius 2 is 1.79 bits per heavy atom. The summed E-state index contributed by atoms with van der Waals surface area (Å²) in [5.41, 5.74) is -0.403. The molecule has 2 N–H and O–H groups in total. The minimum Gasteiger partial charge on any atom is -0.481 e. The van der Waals surface area contributed by atoms with E-state index in [1.165, 1.54) is 6.42 Å². The van der Waals surface area contributed by atoms with Crippen molar-refractivity contribution in [2.75, 3.05) is 0 Å². The Morgan fingerprint density at radius 1 is 1.16 bits per heavy atom. The number of nitrogens with one attached hydrogen (secondary N) is 1. The number of hydrogen-bond donors (Lipinski definition) is 2. The van der Waals surface area contributed by atoms with Crippen LogP contribution in [0.3, 0.4) is 0 Å². The Bertz CT molecular complexity index is 391. The molecule has 2 fully saturated rings. The summed E-state index contributed by atoms with van der Waals surface area (Å²) in [4.78, 5) is 23.4. The number of aliphatic carboxylic acids is 1. The van der Waals surface area contributed by atoms with Crippen molar-refractivity contribution in [3.05, 3.63) is 0 Å².